The van der Waals surface area contributed by atoms with Gasteiger partial charge in [-0.05, 0) is 28.1 Å². The SMILES string of the molecule is CC(=O)OC[C@H]1O[C@@H](n2c(Br)nc3c(NC(=O)c4ccccc4)ncnc32)C(OC(F)(F)F)[C@H]1OC(C)=O.Nc1ncnc2c1ncn2[C@@H]1O[C@H](CO)[C@H](O)C1OC(F)(F)F. The minimum Gasteiger partial charge on any atom is -0.463 e. The monoisotopic (exact) mass is 936 g/mol. The number of benzene rings is 1. The van der Waals surface area contributed by atoms with Crippen molar-refractivity contribution >= 4 is 67.7 Å². The lowest BCUT2D eigenvalue weighted by Crippen LogP contribution is -2.42. The Kier molecular flexibility index (Phi) is 13.3. The van der Waals surface area contributed by atoms with E-state index in [1.54, 1.807) is 30.3 Å². The highest BCUT2D eigenvalue weighted by Crippen LogP contribution is 2.41. The molecule has 328 valence electrons. The predicted molar refractivity (Wildman–Crippen MR) is 192 cm³/mol. The number of amides is 1. The van der Waals surface area contributed by atoms with Crippen LogP contribution < -0.4 is 11.1 Å². The predicted octanol–water partition coefficient (Wildman–Crippen LogP) is 2.70. The van der Waals surface area contributed by atoms with Crippen molar-refractivity contribution in [3.05, 3.63) is 59.6 Å². The lowest BCUT2D eigenvalue weighted by molar-refractivity contribution is -0.356. The minimum atomic E-state index is -5.16. The van der Waals surface area contributed by atoms with Gasteiger partial charge in [-0.3, -0.25) is 33.0 Å². The summed E-state index contributed by atoms with van der Waals surface area (Å²) in [6, 6.07) is 8.22. The van der Waals surface area contributed by atoms with Gasteiger partial charge >= 0.3 is 24.7 Å². The van der Waals surface area contributed by atoms with E-state index in [9.17, 15) is 45.8 Å². The lowest BCUT2D eigenvalue weighted by atomic mass is 10.1. The number of nitrogens with two attached hydrogens (primary N) is 1. The minimum absolute atomic E-state index is 0.0190. The Morgan fingerprint density at radius 3 is 2.13 bits per heavy atom. The number of rotatable bonds is 10. The number of hydrogen-bond acceptors (Lipinski definition) is 18. The maximum absolute atomic E-state index is 13.4. The van der Waals surface area contributed by atoms with E-state index in [1.165, 1.54) is 0 Å². The number of hydrogen-bond donors (Lipinski definition) is 4. The second-order valence-electron chi connectivity index (χ2n) is 12.8. The molecule has 0 bridgehead atoms. The number of aliphatic hydroxyl groups is 2. The van der Waals surface area contributed by atoms with Crippen LogP contribution in [-0.2, 0) is 38.0 Å². The molecule has 28 heteroatoms. The number of anilines is 2. The van der Waals surface area contributed by atoms with Gasteiger partial charge in [0.15, 0.2) is 57.8 Å². The van der Waals surface area contributed by atoms with Crippen LogP contribution in [0.15, 0.2) is 54.0 Å². The average Bonchev–Trinajstić information content (AvgIpc) is 3.93. The van der Waals surface area contributed by atoms with Crippen LogP contribution in [0.4, 0.5) is 38.0 Å². The molecule has 0 aliphatic carbocycles. The van der Waals surface area contributed by atoms with Gasteiger partial charge in [0.2, 0.25) is 0 Å². The van der Waals surface area contributed by atoms with Crippen LogP contribution in [0, 0.1) is 0 Å². The summed E-state index contributed by atoms with van der Waals surface area (Å²) in [5, 5.41) is 21.6. The van der Waals surface area contributed by atoms with E-state index in [-0.39, 0.29) is 38.7 Å². The molecule has 5 N–H and O–H groups in total. The molecule has 2 aliphatic rings. The smallest absolute Gasteiger partial charge is 0.463 e. The number of carbonyl (C=O) groups excluding carboxylic acids is 3. The number of imidazole rings is 2. The Morgan fingerprint density at radius 2 is 1.49 bits per heavy atom. The molecule has 8 atom stereocenters. The van der Waals surface area contributed by atoms with Gasteiger partial charge < -0.3 is 40.2 Å². The zero-order chi connectivity index (χ0) is 44.4. The van der Waals surface area contributed by atoms with Crippen molar-refractivity contribution in [3.8, 4) is 0 Å². The molecule has 61 heavy (non-hydrogen) atoms. The van der Waals surface area contributed by atoms with E-state index < -0.39 is 92.9 Å². The number of alkyl halides is 6. The van der Waals surface area contributed by atoms with E-state index in [0.717, 1.165) is 42.0 Å². The van der Waals surface area contributed by atoms with Crippen LogP contribution in [0.3, 0.4) is 0 Å². The van der Waals surface area contributed by atoms with Gasteiger partial charge in [-0.25, -0.2) is 29.9 Å². The molecule has 4 aromatic heterocycles. The number of nitrogens with one attached hydrogen (secondary N) is 1. The molecular weight excluding hydrogens is 906 g/mol. The summed E-state index contributed by atoms with van der Waals surface area (Å²) in [4.78, 5) is 59.6. The largest absolute Gasteiger partial charge is 0.523 e. The molecule has 21 nitrogen and oxygen atoms in total. The first-order valence-corrected chi connectivity index (χ1v) is 18.1. The molecule has 0 saturated carbocycles. The fourth-order valence-corrected chi connectivity index (χ4v) is 6.81. The molecule has 6 heterocycles. The lowest BCUT2D eigenvalue weighted by Gasteiger charge is -2.25. The molecule has 5 aromatic rings. The van der Waals surface area contributed by atoms with Crippen LogP contribution in [0.5, 0.6) is 0 Å². The van der Waals surface area contributed by atoms with E-state index in [1.807, 2.05) is 0 Å². The highest BCUT2D eigenvalue weighted by molar-refractivity contribution is 9.10. The molecule has 2 unspecified atom stereocenters. The summed E-state index contributed by atoms with van der Waals surface area (Å²) in [6.45, 7) is 0.885. The molecule has 2 aliphatic heterocycles. The first-order valence-electron chi connectivity index (χ1n) is 17.3. The molecule has 7 rings (SSSR count). The standard InChI is InChI=1S/C22H19BrF3N5O7.C11H12F3N5O4/c1-10(32)35-8-13-15(36-11(2)33)16(38-22(24,25)26)20(37-13)31-18-14(29-21(31)23)17(27-9-28-18)30-19(34)12-6-4-3-5-7-12;12-11(13,14)23-7-6(21)4(1-20)22-10(7)19-3-18-5-8(15)16-2-17-9(5)19/h3-7,9,13,15-16,20H,8H2,1-2H3,(H,27,28,30,34);2-4,6-7,10,20-21H,1H2,(H2,15,16,17)/t13-,15+,16?,20-;4-,6+,7?,10-/m11/s1. The molecular formula is C33H31BrF6N10O11. The van der Waals surface area contributed by atoms with Crippen molar-refractivity contribution in [2.24, 2.45) is 0 Å². The second-order valence-corrected chi connectivity index (χ2v) is 13.5. The first-order chi connectivity index (χ1) is 28.8. The number of carbonyl (C=O) groups is 3. The van der Waals surface area contributed by atoms with Crippen LogP contribution in [0.1, 0.15) is 36.7 Å². The Bertz CT molecular complexity index is 2370. The van der Waals surface area contributed by atoms with Crippen LogP contribution in [0.2, 0.25) is 0 Å². The van der Waals surface area contributed by atoms with Crippen molar-refractivity contribution in [3.63, 3.8) is 0 Å². The third-order valence-electron chi connectivity index (χ3n) is 8.69. The van der Waals surface area contributed by atoms with Gasteiger partial charge in [-0.2, -0.15) is 0 Å². The van der Waals surface area contributed by atoms with Crippen molar-refractivity contribution in [2.45, 2.75) is 75.7 Å². The van der Waals surface area contributed by atoms with Crippen LogP contribution in [-0.4, -0.2) is 130 Å². The fraction of sp³-hybridized carbons (Fsp3) is 0.424. The van der Waals surface area contributed by atoms with E-state index >= 15 is 0 Å². The normalized spacial score (nSPS) is 24.0. The Balaban J connectivity index is 0.000000230. The number of esters is 2. The van der Waals surface area contributed by atoms with Gasteiger partial charge in [0, 0.05) is 19.4 Å². The number of fused-ring (bicyclic) bond motifs is 2. The fourth-order valence-electron chi connectivity index (χ4n) is 6.26. The first kappa shape index (κ1) is 44.9. The second kappa shape index (κ2) is 18.1. The van der Waals surface area contributed by atoms with Crippen LogP contribution in [0.25, 0.3) is 22.3 Å². The summed E-state index contributed by atoms with van der Waals surface area (Å²) < 4.78 is 110. The summed E-state index contributed by atoms with van der Waals surface area (Å²) in [5.74, 6) is -2.14. The number of aliphatic hydroxyl groups excluding tert-OH is 2. The van der Waals surface area contributed by atoms with Crippen molar-refractivity contribution in [2.75, 3.05) is 24.3 Å². The topological polar surface area (TPSA) is 272 Å². The zero-order valence-corrected chi connectivity index (χ0v) is 32.6. The molecule has 1 aromatic carbocycles. The van der Waals surface area contributed by atoms with E-state index in [0.29, 0.717) is 5.56 Å². The van der Waals surface area contributed by atoms with Gasteiger partial charge in [0.1, 0.15) is 49.2 Å². The molecule has 0 spiro atoms. The average molecular weight is 938 g/mol. The number of aromatic nitrogens is 8. The summed E-state index contributed by atoms with van der Waals surface area (Å²) in [7, 11) is 0. The van der Waals surface area contributed by atoms with Gasteiger partial charge in [0.25, 0.3) is 5.91 Å². The van der Waals surface area contributed by atoms with E-state index in [4.69, 9.17) is 29.8 Å². The Hall–Kier alpha value is -5.65. The van der Waals surface area contributed by atoms with Gasteiger partial charge in [-0.1, -0.05) is 18.2 Å². The highest BCUT2D eigenvalue weighted by atomic mass is 79.9. The third kappa shape index (κ3) is 10.3. The number of nitrogens with zero attached hydrogens (tertiary/aromatic N) is 8. The zero-order valence-electron chi connectivity index (χ0n) is 31.0. The van der Waals surface area contributed by atoms with Crippen molar-refractivity contribution in [1.82, 2.24) is 39.0 Å². The number of ether oxygens (including phenoxy) is 6. The summed E-state index contributed by atoms with van der Waals surface area (Å²) in [5.41, 5.74) is 6.21. The summed E-state index contributed by atoms with van der Waals surface area (Å²) in [6.07, 6.45) is -19.5. The van der Waals surface area contributed by atoms with Gasteiger partial charge in [0.05, 0.1) is 12.9 Å². The van der Waals surface area contributed by atoms with Crippen LogP contribution >= 0.6 is 15.9 Å². The molecule has 0 radical (unpaired) electrons. The van der Waals surface area contributed by atoms with Crippen molar-refractivity contribution < 1.29 is 79.4 Å². The molecule has 2 saturated heterocycles. The third-order valence-corrected chi connectivity index (χ3v) is 9.25. The van der Waals surface area contributed by atoms with E-state index in [2.05, 4.69) is 60.6 Å². The maximum atomic E-state index is 13.4. The number of nitrogen functional groups attached to an aromatic ring is 1. The molecule has 1 amide bonds. The van der Waals surface area contributed by atoms with Gasteiger partial charge in [-0.15, -0.1) is 26.3 Å². The van der Waals surface area contributed by atoms with Crippen molar-refractivity contribution in [1.29, 1.82) is 0 Å². The number of halogens is 7. The quantitative estimate of drug-likeness (QED) is 0.0890. The Morgan fingerprint density at radius 1 is 0.852 bits per heavy atom. The molecule has 2 fully saturated rings. The Labute approximate surface area is 345 Å². The summed E-state index contributed by atoms with van der Waals surface area (Å²) >= 11 is 3.19. The highest BCUT2D eigenvalue weighted by Gasteiger charge is 2.55. The maximum Gasteiger partial charge on any atom is 0.523 e.